The first-order valence-corrected chi connectivity index (χ1v) is 9.80. The van der Waals surface area contributed by atoms with E-state index in [1.807, 2.05) is 36.4 Å². The number of ether oxygens (including phenoxy) is 1. The smallest absolute Gasteiger partial charge is 0.273 e. The van der Waals surface area contributed by atoms with Crippen molar-refractivity contribution >= 4 is 28.7 Å². The third-order valence-corrected chi connectivity index (χ3v) is 4.90. The van der Waals surface area contributed by atoms with E-state index in [0.717, 1.165) is 23.9 Å². The number of hydrogen-bond acceptors (Lipinski definition) is 7. The first kappa shape index (κ1) is 21.4. The lowest BCUT2D eigenvalue weighted by atomic mass is 10.0. The standard InChI is InChI=1S/C24H18N4O5/c1-33-22-12-17(28(31)32)11-16(23(22)29)14-25-27-24(30)19-13-21(15-7-3-2-4-8-15)26-20-10-6-5-9-18(19)20/h2-14,29H,1H3,(H,27,30)/p-1/b25-14-. The maximum absolute atomic E-state index is 13.0. The molecule has 0 unspecified atom stereocenters. The zero-order chi connectivity index (χ0) is 23.4. The van der Waals surface area contributed by atoms with E-state index >= 15 is 0 Å². The molecule has 4 aromatic rings. The summed E-state index contributed by atoms with van der Waals surface area (Å²) in [4.78, 5) is 28.0. The fraction of sp³-hybridized carbons (Fsp3) is 0.0417. The Morgan fingerprint density at radius 1 is 1.09 bits per heavy atom. The molecule has 0 fully saturated rings. The molecule has 0 saturated carbocycles. The van der Waals surface area contributed by atoms with Crippen LogP contribution < -0.4 is 15.3 Å². The van der Waals surface area contributed by atoms with Crippen molar-refractivity contribution in [3.63, 3.8) is 0 Å². The third kappa shape index (κ3) is 4.47. The Bertz CT molecular complexity index is 1390. The number of hydrogen-bond donors (Lipinski definition) is 1. The number of fused-ring (bicyclic) bond motifs is 1. The van der Waals surface area contributed by atoms with Gasteiger partial charge < -0.3 is 9.84 Å². The Labute approximate surface area is 188 Å². The molecule has 0 bridgehead atoms. The number of nitro benzene ring substituents is 1. The third-order valence-electron chi connectivity index (χ3n) is 4.90. The minimum atomic E-state index is -0.647. The van der Waals surface area contributed by atoms with E-state index in [2.05, 4.69) is 15.5 Å². The Morgan fingerprint density at radius 2 is 1.82 bits per heavy atom. The van der Waals surface area contributed by atoms with E-state index in [0.29, 0.717) is 22.2 Å². The van der Waals surface area contributed by atoms with Gasteiger partial charge in [-0.25, -0.2) is 10.4 Å². The second-order valence-electron chi connectivity index (χ2n) is 6.96. The monoisotopic (exact) mass is 441 g/mol. The molecular formula is C24H17N4O5-. The molecular weight excluding hydrogens is 424 g/mol. The number of para-hydroxylation sites is 1. The van der Waals surface area contributed by atoms with Crippen LogP contribution in [0.5, 0.6) is 11.5 Å². The van der Waals surface area contributed by atoms with Crippen molar-refractivity contribution in [2.24, 2.45) is 5.10 Å². The van der Waals surface area contributed by atoms with E-state index in [-0.39, 0.29) is 17.0 Å². The molecule has 33 heavy (non-hydrogen) atoms. The number of nitrogens with one attached hydrogen (secondary N) is 1. The lowest BCUT2D eigenvalue weighted by molar-refractivity contribution is -0.385. The molecule has 0 atom stereocenters. The molecule has 164 valence electrons. The average Bonchev–Trinajstić information content (AvgIpc) is 2.84. The van der Waals surface area contributed by atoms with Crippen LogP contribution in [0.4, 0.5) is 5.69 Å². The van der Waals surface area contributed by atoms with Gasteiger partial charge in [0.25, 0.3) is 11.6 Å². The van der Waals surface area contributed by atoms with E-state index in [9.17, 15) is 20.0 Å². The zero-order valence-electron chi connectivity index (χ0n) is 17.4. The number of pyridine rings is 1. The van der Waals surface area contributed by atoms with Crippen LogP contribution in [0.15, 0.2) is 77.9 Å². The van der Waals surface area contributed by atoms with Gasteiger partial charge in [-0.1, -0.05) is 54.3 Å². The molecule has 0 aliphatic carbocycles. The fourth-order valence-electron chi connectivity index (χ4n) is 3.30. The molecule has 0 spiro atoms. The summed E-state index contributed by atoms with van der Waals surface area (Å²) >= 11 is 0. The van der Waals surface area contributed by atoms with Crippen LogP contribution in [0.3, 0.4) is 0 Å². The number of hydrazone groups is 1. The molecule has 9 nitrogen and oxygen atoms in total. The minimum absolute atomic E-state index is 0.0917. The van der Waals surface area contributed by atoms with Gasteiger partial charge in [-0.15, -0.1) is 0 Å². The molecule has 1 heterocycles. The van der Waals surface area contributed by atoms with Crippen molar-refractivity contribution in [1.82, 2.24) is 10.4 Å². The van der Waals surface area contributed by atoms with E-state index in [1.54, 1.807) is 24.3 Å². The van der Waals surface area contributed by atoms with Gasteiger partial charge in [0, 0.05) is 17.0 Å². The molecule has 0 saturated heterocycles. The Kier molecular flexibility index (Phi) is 5.94. The van der Waals surface area contributed by atoms with E-state index in [4.69, 9.17) is 4.74 Å². The maximum atomic E-state index is 13.0. The summed E-state index contributed by atoms with van der Waals surface area (Å²) in [7, 11) is 1.24. The number of rotatable bonds is 6. The zero-order valence-corrected chi connectivity index (χ0v) is 17.4. The summed E-state index contributed by atoms with van der Waals surface area (Å²) in [5.41, 5.74) is 4.41. The highest BCUT2D eigenvalue weighted by Crippen LogP contribution is 2.31. The van der Waals surface area contributed by atoms with Crippen LogP contribution in [0.1, 0.15) is 15.9 Å². The fourth-order valence-corrected chi connectivity index (χ4v) is 3.30. The number of benzene rings is 3. The van der Waals surface area contributed by atoms with Crippen LogP contribution in [-0.4, -0.2) is 29.1 Å². The topological polar surface area (TPSA) is 130 Å². The maximum Gasteiger partial charge on any atom is 0.273 e. The summed E-state index contributed by atoms with van der Waals surface area (Å²) in [5.74, 6) is -1.29. The molecule has 0 aliphatic heterocycles. The predicted molar refractivity (Wildman–Crippen MR) is 121 cm³/mol. The van der Waals surface area contributed by atoms with Crippen molar-refractivity contribution in [2.45, 2.75) is 0 Å². The van der Waals surface area contributed by atoms with Gasteiger partial charge in [0.15, 0.2) is 0 Å². The Hall–Kier alpha value is -4.79. The number of nitro groups is 1. The second-order valence-corrected chi connectivity index (χ2v) is 6.96. The molecule has 0 radical (unpaired) electrons. The molecule has 9 heteroatoms. The average molecular weight is 441 g/mol. The van der Waals surface area contributed by atoms with Crippen molar-refractivity contribution in [2.75, 3.05) is 7.11 Å². The van der Waals surface area contributed by atoms with Crippen LogP contribution >= 0.6 is 0 Å². The number of non-ortho nitro benzene ring substituents is 1. The summed E-state index contributed by atoms with van der Waals surface area (Å²) in [6, 6.07) is 20.4. The van der Waals surface area contributed by atoms with Gasteiger partial charge >= 0.3 is 0 Å². The molecule has 1 amide bonds. The van der Waals surface area contributed by atoms with Crippen LogP contribution in [0.25, 0.3) is 22.2 Å². The first-order valence-electron chi connectivity index (χ1n) is 9.80. The Morgan fingerprint density at radius 3 is 2.55 bits per heavy atom. The number of carbonyl (C=O) groups is 1. The summed E-state index contributed by atoms with van der Waals surface area (Å²) in [6.45, 7) is 0. The number of amides is 1. The van der Waals surface area contributed by atoms with Crippen molar-refractivity contribution < 1.29 is 19.6 Å². The summed E-state index contributed by atoms with van der Waals surface area (Å²) < 4.78 is 4.90. The van der Waals surface area contributed by atoms with Gasteiger partial charge in [-0.2, -0.15) is 5.10 Å². The van der Waals surface area contributed by atoms with Gasteiger partial charge in [0.2, 0.25) is 0 Å². The highest BCUT2D eigenvalue weighted by atomic mass is 16.6. The van der Waals surface area contributed by atoms with Crippen LogP contribution in [0, 0.1) is 10.1 Å². The molecule has 4 rings (SSSR count). The van der Waals surface area contributed by atoms with Crippen molar-refractivity contribution in [1.29, 1.82) is 0 Å². The molecule has 1 N–H and O–H groups in total. The summed E-state index contributed by atoms with van der Waals surface area (Å²) in [5, 5.41) is 27.9. The van der Waals surface area contributed by atoms with Gasteiger partial charge in [-0.05, 0) is 17.7 Å². The largest absolute Gasteiger partial charge is 0.870 e. The molecule has 0 aliphatic rings. The Balaban J connectivity index is 1.67. The van der Waals surface area contributed by atoms with Crippen LogP contribution in [0.2, 0.25) is 0 Å². The van der Waals surface area contributed by atoms with Gasteiger partial charge in [-0.3, -0.25) is 14.9 Å². The molecule has 1 aromatic heterocycles. The minimum Gasteiger partial charge on any atom is -0.870 e. The SMILES string of the molecule is COc1cc([N+](=O)[O-])cc(/C=N\NC(=O)c2cc(-c3ccccc3)nc3ccccc23)c1[O-]. The number of carbonyl (C=O) groups excluding carboxylic acids is 1. The number of methoxy groups -OCH3 is 1. The highest BCUT2D eigenvalue weighted by molar-refractivity contribution is 6.07. The normalized spacial score (nSPS) is 10.9. The quantitative estimate of drug-likeness (QED) is 0.276. The number of nitrogens with zero attached hydrogens (tertiary/aromatic N) is 3. The first-order chi connectivity index (χ1) is 16.0. The van der Waals surface area contributed by atoms with Crippen molar-refractivity contribution in [3.8, 4) is 22.8 Å². The number of aromatic nitrogens is 1. The van der Waals surface area contributed by atoms with Crippen molar-refractivity contribution in [3.05, 3.63) is 94.0 Å². The van der Waals surface area contributed by atoms with Gasteiger partial charge in [0.05, 0.1) is 41.1 Å². The van der Waals surface area contributed by atoms with Crippen LogP contribution in [-0.2, 0) is 0 Å². The van der Waals surface area contributed by atoms with E-state index in [1.165, 1.54) is 7.11 Å². The molecule has 3 aromatic carbocycles. The second kappa shape index (κ2) is 9.15. The predicted octanol–water partition coefficient (Wildman–Crippen LogP) is 3.66. The van der Waals surface area contributed by atoms with Gasteiger partial charge in [0.1, 0.15) is 5.75 Å². The lowest BCUT2D eigenvalue weighted by Crippen LogP contribution is -2.18. The van der Waals surface area contributed by atoms with E-state index < -0.39 is 16.6 Å². The highest BCUT2D eigenvalue weighted by Gasteiger charge is 2.14. The summed E-state index contributed by atoms with van der Waals surface area (Å²) in [6.07, 6.45) is 1.05. The lowest BCUT2D eigenvalue weighted by Gasteiger charge is -2.14.